The van der Waals surface area contributed by atoms with Crippen LogP contribution in [0, 0.1) is 0 Å². The minimum Gasteiger partial charge on any atom is -0.352 e. The molecular formula is C18H17NO2. The van der Waals surface area contributed by atoms with E-state index in [0.29, 0.717) is 0 Å². The van der Waals surface area contributed by atoms with Crippen molar-refractivity contribution in [2.45, 2.75) is 37.4 Å². The fourth-order valence-electron chi connectivity index (χ4n) is 3.69. The van der Waals surface area contributed by atoms with Crippen molar-refractivity contribution in [1.29, 1.82) is 0 Å². The number of fused-ring (bicyclic) bond motifs is 1. The number of hydrogen-bond donors (Lipinski definition) is 0. The Morgan fingerprint density at radius 2 is 1.86 bits per heavy atom. The average Bonchev–Trinajstić information content (AvgIpc) is 3.21. The number of carbonyl (C=O) groups is 1. The first-order valence-corrected chi connectivity index (χ1v) is 7.27. The average molecular weight is 279 g/mol. The number of benzene rings is 1. The van der Waals surface area contributed by atoms with Crippen LogP contribution in [0.15, 0.2) is 48.8 Å². The SMILES string of the molecule is CC1(C)C[C@]2(O[C@H]2c2ccncc2)C(=O)c2ccccc21. The summed E-state index contributed by atoms with van der Waals surface area (Å²) in [5.41, 5.74) is 2.23. The predicted molar refractivity (Wildman–Crippen MR) is 79.2 cm³/mol. The van der Waals surface area contributed by atoms with Crippen molar-refractivity contribution in [2.75, 3.05) is 0 Å². The van der Waals surface area contributed by atoms with Crippen LogP contribution in [0.3, 0.4) is 0 Å². The van der Waals surface area contributed by atoms with Crippen LogP contribution >= 0.6 is 0 Å². The summed E-state index contributed by atoms with van der Waals surface area (Å²) in [4.78, 5) is 17.0. The fourth-order valence-corrected chi connectivity index (χ4v) is 3.69. The molecule has 1 fully saturated rings. The van der Waals surface area contributed by atoms with Crippen molar-refractivity contribution < 1.29 is 9.53 Å². The van der Waals surface area contributed by atoms with Crippen molar-refractivity contribution in [3.63, 3.8) is 0 Å². The third-order valence-corrected chi connectivity index (χ3v) is 4.69. The summed E-state index contributed by atoms with van der Waals surface area (Å²) < 4.78 is 5.96. The van der Waals surface area contributed by atoms with Gasteiger partial charge in [0.15, 0.2) is 11.4 Å². The molecule has 1 aromatic heterocycles. The van der Waals surface area contributed by atoms with Gasteiger partial charge in [-0.1, -0.05) is 38.1 Å². The van der Waals surface area contributed by atoms with Crippen molar-refractivity contribution in [3.8, 4) is 0 Å². The van der Waals surface area contributed by atoms with Gasteiger partial charge in [-0.05, 0) is 35.1 Å². The van der Waals surface area contributed by atoms with E-state index in [0.717, 1.165) is 23.1 Å². The molecule has 0 bridgehead atoms. The van der Waals surface area contributed by atoms with E-state index in [1.807, 2.05) is 30.3 Å². The molecule has 1 aromatic carbocycles. The van der Waals surface area contributed by atoms with Gasteiger partial charge < -0.3 is 4.74 Å². The van der Waals surface area contributed by atoms with Crippen LogP contribution in [0.2, 0.25) is 0 Å². The molecule has 3 heteroatoms. The van der Waals surface area contributed by atoms with Crippen LogP contribution in [0.5, 0.6) is 0 Å². The van der Waals surface area contributed by atoms with Crippen LogP contribution in [0.1, 0.15) is 47.9 Å². The van der Waals surface area contributed by atoms with Gasteiger partial charge in [0.2, 0.25) is 0 Å². The Hall–Kier alpha value is -2.00. The lowest BCUT2D eigenvalue weighted by Crippen LogP contribution is -2.40. The first kappa shape index (κ1) is 12.7. The minimum absolute atomic E-state index is 0.0632. The zero-order valence-electron chi connectivity index (χ0n) is 12.2. The van der Waals surface area contributed by atoms with Gasteiger partial charge in [-0.25, -0.2) is 0 Å². The molecule has 0 saturated carbocycles. The first-order chi connectivity index (χ1) is 10.0. The molecule has 1 aliphatic carbocycles. The summed E-state index contributed by atoms with van der Waals surface area (Å²) in [5, 5.41) is 0. The molecular weight excluding hydrogens is 262 g/mol. The Morgan fingerprint density at radius 1 is 1.14 bits per heavy atom. The summed E-state index contributed by atoms with van der Waals surface area (Å²) in [7, 11) is 0. The molecule has 0 N–H and O–H groups in total. The monoisotopic (exact) mass is 279 g/mol. The van der Waals surface area contributed by atoms with Crippen LogP contribution in [-0.2, 0) is 10.2 Å². The molecule has 0 amide bonds. The Morgan fingerprint density at radius 3 is 2.62 bits per heavy atom. The van der Waals surface area contributed by atoms with Crippen LogP contribution in [0.25, 0.3) is 0 Å². The third kappa shape index (κ3) is 1.70. The zero-order valence-corrected chi connectivity index (χ0v) is 12.2. The Bertz CT molecular complexity index is 723. The lowest BCUT2D eigenvalue weighted by atomic mass is 9.66. The highest BCUT2D eigenvalue weighted by molar-refractivity contribution is 6.07. The van der Waals surface area contributed by atoms with E-state index in [1.54, 1.807) is 12.4 Å². The molecule has 21 heavy (non-hydrogen) atoms. The van der Waals surface area contributed by atoms with Gasteiger partial charge >= 0.3 is 0 Å². The van der Waals surface area contributed by atoms with E-state index < -0.39 is 5.60 Å². The van der Waals surface area contributed by atoms with E-state index in [2.05, 4.69) is 24.9 Å². The summed E-state index contributed by atoms with van der Waals surface area (Å²) in [5.74, 6) is 0.124. The molecule has 2 atom stereocenters. The van der Waals surface area contributed by atoms with Gasteiger partial charge in [-0.15, -0.1) is 0 Å². The molecule has 1 aliphatic heterocycles. The quantitative estimate of drug-likeness (QED) is 0.751. The number of hydrogen-bond acceptors (Lipinski definition) is 3. The van der Waals surface area contributed by atoms with E-state index in [-0.39, 0.29) is 17.3 Å². The van der Waals surface area contributed by atoms with Gasteiger partial charge in [-0.3, -0.25) is 9.78 Å². The van der Waals surface area contributed by atoms with Crippen LogP contribution < -0.4 is 0 Å². The molecule has 1 saturated heterocycles. The number of Topliss-reactive ketones (excluding diaryl/α,β-unsaturated/α-hetero) is 1. The topological polar surface area (TPSA) is 42.5 Å². The molecule has 2 heterocycles. The highest BCUT2D eigenvalue weighted by atomic mass is 16.6. The second-order valence-electron chi connectivity index (χ2n) is 6.60. The number of ketones is 1. The van der Waals surface area contributed by atoms with Crippen molar-refractivity contribution in [3.05, 3.63) is 65.5 Å². The lowest BCUT2D eigenvalue weighted by Gasteiger charge is -2.35. The van der Waals surface area contributed by atoms with E-state index in [9.17, 15) is 4.79 Å². The summed E-state index contributed by atoms with van der Waals surface area (Å²) >= 11 is 0. The van der Waals surface area contributed by atoms with E-state index in [4.69, 9.17) is 4.74 Å². The molecule has 3 nitrogen and oxygen atoms in total. The summed E-state index contributed by atoms with van der Waals surface area (Å²) in [6.45, 7) is 4.37. The largest absolute Gasteiger partial charge is 0.352 e. The van der Waals surface area contributed by atoms with Crippen LogP contribution in [0.4, 0.5) is 0 Å². The summed E-state index contributed by atoms with van der Waals surface area (Å²) in [6.07, 6.45) is 4.08. The maximum Gasteiger partial charge on any atom is 0.198 e. The zero-order chi connectivity index (χ0) is 14.7. The Kier molecular flexibility index (Phi) is 2.43. The second-order valence-corrected chi connectivity index (χ2v) is 6.60. The number of nitrogens with zero attached hydrogens (tertiary/aromatic N) is 1. The minimum atomic E-state index is -0.681. The highest BCUT2D eigenvalue weighted by Crippen LogP contribution is 2.60. The highest BCUT2D eigenvalue weighted by Gasteiger charge is 2.66. The van der Waals surface area contributed by atoms with E-state index in [1.165, 1.54) is 0 Å². The molecule has 106 valence electrons. The van der Waals surface area contributed by atoms with Gasteiger partial charge in [0.1, 0.15) is 6.10 Å². The number of rotatable bonds is 1. The van der Waals surface area contributed by atoms with Crippen molar-refractivity contribution in [1.82, 2.24) is 4.98 Å². The number of carbonyl (C=O) groups excluding carboxylic acids is 1. The molecule has 4 rings (SSSR count). The first-order valence-electron chi connectivity index (χ1n) is 7.27. The maximum atomic E-state index is 12.9. The third-order valence-electron chi connectivity index (χ3n) is 4.69. The Labute approximate surface area is 124 Å². The van der Waals surface area contributed by atoms with Gasteiger partial charge in [-0.2, -0.15) is 0 Å². The van der Waals surface area contributed by atoms with Gasteiger partial charge in [0.25, 0.3) is 0 Å². The molecule has 2 aliphatic rings. The lowest BCUT2D eigenvalue weighted by molar-refractivity contribution is 0.0812. The number of ether oxygens (including phenoxy) is 1. The molecule has 2 aromatic rings. The van der Waals surface area contributed by atoms with Crippen molar-refractivity contribution >= 4 is 5.78 Å². The maximum absolute atomic E-state index is 12.9. The second kappa shape index (κ2) is 4.01. The number of aromatic nitrogens is 1. The predicted octanol–water partition coefficient (Wildman–Crippen LogP) is 3.46. The number of pyridine rings is 1. The standard InChI is InChI=1S/C18H17NO2/c1-17(2)11-18(15(20)13-5-3-4-6-14(13)17)16(21-18)12-7-9-19-10-8-12/h3-10,16H,11H2,1-2H3/t16-,18-/m0/s1. The van der Waals surface area contributed by atoms with Crippen LogP contribution in [-0.4, -0.2) is 16.4 Å². The Balaban J connectivity index is 1.79. The smallest absolute Gasteiger partial charge is 0.198 e. The fraction of sp³-hybridized carbons (Fsp3) is 0.333. The van der Waals surface area contributed by atoms with Crippen molar-refractivity contribution in [2.24, 2.45) is 0 Å². The number of epoxide rings is 1. The van der Waals surface area contributed by atoms with E-state index >= 15 is 0 Å². The summed E-state index contributed by atoms with van der Waals surface area (Å²) in [6, 6.07) is 11.8. The molecule has 0 radical (unpaired) electrons. The van der Waals surface area contributed by atoms with Gasteiger partial charge in [0.05, 0.1) is 0 Å². The normalized spacial score (nSPS) is 29.2. The molecule has 0 unspecified atom stereocenters. The molecule has 1 spiro atoms. The van der Waals surface area contributed by atoms with Gasteiger partial charge in [0, 0.05) is 18.0 Å².